The summed E-state index contributed by atoms with van der Waals surface area (Å²) in [6.07, 6.45) is 8.78. The Labute approximate surface area is 169 Å². The number of aryl methyl sites for hydroxylation is 2. The Bertz CT molecular complexity index is 1100. The van der Waals surface area contributed by atoms with Gasteiger partial charge in [0.2, 0.25) is 5.88 Å². The van der Waals surface area contributed by atoms with E-state index in [1.165, 1.54) is 5.56 Å². The van der Waals surface area contributed by atoms with Crippen LogP contribution >= 0.6 is 0 Å². The number of hydrogen-bond donors (Lipinski definition) is 0. The molecule has 5 rings (SSSR count). The van der Waals surface area contributed by atoms with Gasteiger partial charge in [-0.2, -0.15) is 4.98 Å². The number of nitrogens with zero attached hydrogens (tertiary/aromatic N) is 4. The molecule has 2 saturated carbocycles. The molecule has 3 aromatic rings. The molecule has 0 amide bonds. The summed E-state index contributed by atoms with van der Waals surface area (Å²) in [5.74, 6) is 2.09. The van der Waals surface area contributed by atoms with Gasteiger partial charge in [-0.25, -0.2) is 4.98 Å². The molecule has 6 heteroatoms. The lowest BCUT2D eigenvalue weighted by Crippen LogP contribution is -2.17. The van der Waals surface area contributed by atoms with Crippen LogP contribution in [0.25, 0.3) is 11.1 Å². The molecule has 2 aliphatic rings. The monoisotopic (exact) mass is 388 g/mol. The molecular formula is C23H24N4O2. The summed E-state index contributed by atoms with van der Waals surface area (Å²) in [6.45, 7) is 4.48. The Morgan fingerprint density at radius 3 is 2.72 bits per heavy atom. The van der Waals surface area contributed by atoms with Crippen LogP contribution in [0, 0.1) is 19.8 Å². The van der Waals surface area contributed by atoms with E-state index in [4.69, 9.17) is 4.74 Å². The maximum atomic E-state index is 12.4. The van der Waals surface area contributed by atoms with Crippen molar-refractivity contribution in [3.63, 3.8) is 0 Å². The molecule has 29 heavy (non-hydrogen) atoms. The lowest BCUT2D eigenvalue weighted by Gasteiger charge is -2.12. The highest BCUT2D eigenvalue weighted by Gasteiger charge is 2.40. The molecule has 0 aromatic carbocycles. The second kappa shape index (κ2) is 7.10. The average Bonchev–Trinajstić information content (AvgIpc) is 3.62. The summed E-state index contributed by atoms with van der Waals surface area (Å²) >= 11 is 0. The fraction of sp³-hybridized carbons (Fsp3) is 0.391. The number of ether oxygens (including phenoxy) is 1. The van der Waals surface area contributed by atoms with Crippen LogP contribution in [0.3, 0.4) is 0 Å². The van der Waals surface area contributed by atoms with Crippen LogP contribution in [0.4, 0.5) is 0 Å². The first-order chi connectivity index (χ1) is 14.1. The van der Waals surface area contributed by atoms with Crippen molar-refractivity contribution in [2.45, 2.75) is 45.1 Å². The van der Waals surface area contributed by atoms with Gasteiger partial charge in [0.25, 0.3) is 5.56 Å². The largest absolute Gasteiger partial charge is 0.477 e. The molecule has 1 unspecified atom stereocenters. The van der Waals surface area contributed by atoms with E-state index in [2.05, 4.69) is 27.1 Å². The molecule has 148 valence electrons. The number of aromatic nitrogens is 4. The summed E-state index contributed by atoms with van der Waals surface area (Å²) in [7, 11) is 0. The van der Waals surface area contributed by atoms with E-state index in [-0.39, 0.29) is 5.56 Å². The van der Waals surface area contributed by atoms with Crippen LogP contribution in [0.5, 0.6) is 5.88 Å². The Balaban J connectivity index is 1.33. The molecule has 6 nitrogen and oxygen atoms in total. The van der Waals surface area contributed by atoms with Gasteiger partial charge in [0.1, 0.15) is 5.82 Å². The first kappa shape index (κ1) is 18.0. The highest BCUT2D eigenvalue weighted by molar-refractivity contribution is 5.67. The van der Waals surface area contributed by atoms with E-state index >= 15 is 0 Å². The Hall–Kier alpha value is -3.02. The molecule has 0 bridgehead atoms. The zero-order valence-electron chi connectivity index (χ0n) is 16.7. The molecule has 3 heterocycles. The summed E-state index contributed by atoms with van der Waals surface area (Å²) < 4.78 is 7.92. The second-order valence-corrected chi connectivity index (χ2v) is 8.20. The first-order valence-corrected chi connectivity index (χ1v) is 10.2. The van der Waals surface area contributed by atoms with Crippen LogP contribution < -0.4 is 10.3 Å². The summed E-state index contributed by atoms with van der Waals surface area (Å²) in [4.78, 5) is 25.8. The van der Waals surface area contributed by atoms with Crippen molar-refractivity contribution in [1.82, 2.24) is 19.5 Å². The second-order valence-electron chi connectivity index (χ2n) is 8.20. The molecule has 0 saturated heterocycles. The standard InChI is InChI=1S/C23H24N4O2/c1-14-3-6-21(25-11-14)19-9-17(19)13-29-23-20(12-24-15(2)26-23)16-7-8-27(18-4-5-18)22(28)10-16/h3,6-8,10-12,17-19H,4-5,9,13H2,1-2H3/t17?,19-/m1/s1. The van der Waals surface area contributed by atoms with Crippen molar-refractivity contribution >= 4 is 0 Å². The number of pyridine rings is 2. The minimum atomic E-state index is 0.0178. The molecule has 2 aliphatic carbocycles. The Morgan fingerprint density at radius 2 is 2.00 bits per heavy atom. The maximum absolute atomic E-state index is 12.4. The molecule has 0 aliphatic heterocycles. The van der Waals surface area contributed by atoms with Gasteiger partial charge in [0.15, 0.2) is 0 Å². The molecule has 0 radical (unpaired) electrons. The highest BCUT2D eigenvalue weighted by atomic mass is 16.5. The van der Waals surface area contributed by atoms with Gasteiger partial charge in [0.05, 0.1) is 12.2 Å². The van der Waals surface area contributed by atoms with Gasteiger partial charge in [-0.05, 0) is 56.4 Å². The molecule has 0 spiro atoms. The average molecular weight is 388 g/mol. The highest BCUT2D eigenvalue weighted by Crippen LogP contribution is 2.47. The van der Waals surface area contributed by atoms with Gasteiger partial charge < -0.3 is 9.30 Å². The fourth-order valence-corrected chi connectivity index (χ4v) is 3.75. The van der Waals surface area contributed by atoms with Crippen LogP contribution in [-0.4, -0.2) is 26.1 Å². The number of hydrogen-bond acceptors (Lipinski definition) is 5. The smallest absolute Gasteiger partial charge is 0.251 e. The van der Waals surface area contributed by atoms with Crippen LogP contribution in [-0.2, 0) is 0 Å². The molecule has 2 fully saturated rings. The van der Waals surface area contributed by atoms with Crippen molar-refractivity contribution in [2.24, 2.45) is 5.92 Å². The van der Waals surface area contributed by atoms with Crippen molar-refractivity contribution in [3.05, 3.63) is 70.3 Å². The zero-order chi connectivity index (χ0) is 20.0. The molecule has 0 N–H and O–H groups in total. The minimum Gasteiger partial charge on any atom is -0.477 e. The third-order valence-corrected chi connectivity index (χ3v) is 5.74. The Morgan fingerprint density at radius 1 is 1.14 bits per heavy atom. The van der Waals surface area contributed by atoms with Gasteiger partial charge in [-0.3, -0.25) is 9.78 Å². The lowest BCUT2D eigenvalue weighted by molar-refractivity contribution is 0.285. The summed E-state index contributed by atoms with van der Waals surface area (Å²) in [6, 6.07) is 8.19. The number of rotatable bonds is 6. The maximum Gasteiger partial charge on any atom is 0.251 e. The topological polar surface area (TPSA) is 69.9 Å². The predicted molar refractivity (Wildman–Crippen MR) is 110 cm³/mol. The minimum absolute atomic E-state index is 0.0178. The van der Waals surface area contributed by atoms with Crippen LogP contribution in [0.2, 0.25) is 0 Å². The zero-order valence-corrected chi connectivity index (χ0v) is 16.7. The van der Waals surface area contributed by atoms with Crippen molar-refractivity contribution in [1.29, 1.82) is 0 Å². The quantitative estimate of drug-likeness (QED) is 0.642. The van der Waals surface area contributed by atoms with Crippen molar-refractivity contribution < 1.29 is 4.74 Å². The fourth-order valence-electron chi connectivity index (χ4n) is 3.75. The van der Waals surface area contributed by atoms with E-state index in [9.17, 15) is 4.79 Å². The van der Waals surface area contributed by atoms with E-state index in [0.717, 1.165) is 36.1 Å². The van der Waals surface area contributed by atoms with Crippen molar-refractivity contribution in [3.8, 4) is 17.0 Å². The molecule has 2 atom stereocenters. The first-order valence-electron chi connectivity index (χ1n) is 10.2. The van der Waals surface area contributed by atoms with E-state index in [1.807, 2.05) is 36.9 Å². The van der Waals surface area contributed by atoms with Gasteiger partial charge >= 0.3 is 0 Å². The normalized spacial score (nSPS) is 20.5. The van der Waals surface area contributed by atoms with Crippen LogP contribution in [0.15, 0.2) is 47.7 Å². The van der Waals surface area contributed by atoms with Crippen LogP contribution in [0.1, 0.15) is 48.3 Å². The van der Waals surface area contributed by atoms with Crippen molar-refractivity contribution in [2.75, 3.05) is 6.61 Å². The van der Waals surface area contributed by atoms with E-state index in [1.54, 1.807) is 12.3 Å². The van der Waals surface area contributed by atoms with E-state index < -0.39 is 0 Å². The summed E-state index contributed by atoms with van der Waals surface area (Å²) in [5, 5.41) is 0. The third-order valence-electron chi connectivity index (χ3n) is 5.74. The molecule has 3 aromatic heterocycles. The van der Waals surface area contributed by atoms with E-state index in [0.29, 0.717) is 36.2 Å². The van der Waals surface area contributed by atoms with Gasteiger partial charge in [0, 0.05) is 48.2 Å². The Kier molecular flexibility index (Phi) is 4.42. The van der Waals surface area contributed by atoms with Gasteiger partial charge in [-0.1, -0.05) is 6.07 Å². The SMILES string of the molecule is Cc1ccc([C@@H]2CC2COc2nc(C)ncc2-c2ccn(C3CC3)c(=O)c2)nc1. The lowest BCUT2D eigenvalue weighted by atomic mass is 10.1. The third kappa shape index (κ3) is 3.79. The predicted octanol–water partition coefficient (Wildman–Crippen LogP) is 3.83. The van der Waals surface area contributed by atoms with Gasteiger partial charge in [-0.15, -0.1) is 0 Å². The molecular weight excluding hydrogens is 364 g/mol. The summed E-state index contributed by atoms with van der Waals surface area (Å²) in [5.41, 5.74) is 3.89.